The summed E-state index contributed by atoms with van der Waals surface area (Å²) < 4.78 is 4.96. The number of methoxy groups -OCH3 is 1. The molecule has 0 unspecified atom stereocenters. The van der Waals surface area contributed by atoms with Gasteiger partial charge in [0.2, 0.25) is 5.88 Å². The van der Waals surface area contributed by atoms with Crippen LogP contribution in [0.5, 0.6) is 5.88 Å². The first-order chi connectivity index (χ1) is 7.81. The number of hydrogen-bond donors (Lipinski definition) is 1. The Hall–Kier alpha value is -1.69. The zero-order valence-corrected chi connectivity index (χ0v) is 9.14. The van der Waals surface area contributed by atoms with Crippen LogP contribution in [0, 0.1) is 0 Å². The van der Waals surface area contributed by atoms with Crippen LogP contribution < -0.4 is 10.1 Å². The molecule has 0 saturated carbocycles. The predicted molar refractivity (Wildman–Crippen MR) is 57.4 cm³/mol. The van der Waals surface area contributed by atoms with Crippen molar-refractivity contribution < 1.29 is 9.53 Å². The first-order valence-electron chi connectivity index (χ1n) is 5.17. The molecule has 0 aliphatic carbocycles. The Morgan fingerprint density at radius 3 is 2.88 bits per heavy atom. The SMILES string of the molecule is COc1cc(C(=O)N2CCNCC2)ncn1. The van der Waals surface area contributed by atoms with Crippen LogP contribution in [0.4, 0.5) is 0 Å². The van der Waals surface area contributed by atoms with Crippen molar-refractivity contribution >= 4 is 5.91 Å². The van der Waals surface area contributed by atoms with Gasteiger partial charge in [-0.05, 0) is 0 Å². The van der Waals surface area contributed by atoms with E-state index in [2.05, 4.69) is 15.3 Å². The third-order valence-corrected chi connectivity index (χ3v) is 2.47. The minimum absolute atomic E-state index is 0.0674. The molecule has 1 saturated heterocycles. The second kappa shape index (κ2) is 4.89. The Kier molecular flexibility index (Phi) is 3.31. The van der Waals surface area contributed by atoms with Crippen LogP contribution in [-0.2, 0) is 0 Å². The summed E-state index contributed by atoms with van der Waals surface area (Å²) in [5, 5.41) is 3.19. The minimum Gasteiger partial charge on any atom is -0.481 e. The molecule has 1 aromatic rings. The maximum atomic E-state index is 12.0. The molecule has 0 radical (unpaired) electrons. The van der Waals surface area contributed by atoms with Gasteiger partial charge in [0.25, 0.3) is 5.91 Å². The quantitative estimate of drug-likeness (QED) is 0.732. The summed E-state index contributed by atoms with van der Waals surface area (Å²) >= 11 is 0. The molecule has 86 valence electrons. The smallest absolute Gasteiger partial charge is 0.272 e. The van der Waals surface area contributed by atoms with E-state index in [1.807, 2.05) is 0 Å². The fraction of sp³-hybridized carbons (Fsp3) is 0.500. The maximum absolute atomic E-state index is 12.0. The van der Waals surface area contributed by atoms with Crippen LogP contribution >= 0.6 is 0 Å². The lowest BCUT2D eigenvalue weighted by atomic mass is 10.3. The first-order valence-corrected chi connectivity index (χ1v) is 5.17. The van der Waals surface area contributed by atoms with E-state index in [-0.39, 0.29) is 5.91 Å². The molecule has 6 nitrogen and oxygen atoms in total. The standard InChI is InChI=1S/C10H14N4O2/c1-16-9-6-8(12-7-13-9)10(15)14-4-2-11-3-5-14/h6-7,11H,2-5H2,1H3. The number of piperazine rings is 1. The number of nitrogens with zero attached hydrogens (tertiary/aromatic N) is 3. The van der Waals surface area contributed by atoms with E-state index < -0.39 is 0 Å². The number of hydrogen-bond acceptors (Lipinski definition) is 5. The molecule has 1 aromatic heterocycles. The Balaban J connectivity index is 2.12. The second-order valence-electron chi connectivity index (χ2n) is 3.49. The molecule has 6 heteroatoms. The lowest BCUT2D eigenvalue weighted by Crippen LogP contribution is -2.46. The molecule has 0 atom stereocenters. The topological polar surface area (TPSA) is 67.3 Å². The molecule has 1 N–H and O–H groups in total. The van der Waals surface area contributed by atoms with Gasteiger partial charge in [-0.3, -0.25) is 4.79 Å². The highest BCUT2D eigenvalue weighted by Crippen LogP contribution is 2.08. The molecule has 0 spiro atoms. The Morgan fingerprint density at radius 1 is 1.44 bits per heavy atom. The number of amides is 1. The molecule has 2 heterocycles. The molecular weight excluding hydrogens is 208 g/mol. The monoisotopic (exact) mass is 222 g/mol. The van der Waals surface area contributed by atoms with Crippen molar-refractivity contribution in [3.63, 3.8) is 0 Å². The Morgan fingerprint density at radius 2 is 2.19 bits per heavy atom. The van der Waals surface area contributed by atoms with Gasteiger partial charge >= 0.3 is 0 Å². The number of ether oxygens (including phenoxy) is 1. The lowest BCUT2D eigenvalue weighted by Gasteiger charge is -2.26. The molecule has 16 heavy (non-hydrogen) atoms. The summed E-state index contributed by atoms with van der Waals surface area (Å²) in [5.74, 6) is 0.343. The highest BCUT2D eigenvalue weighted by atomic mass is 16.5. The molecular formula is C10H14N4O2. The highest BCUT2D eigenvalue weighted by Gasteiger charge is 2.19. The number of carbonyl (C=O) groups is 1. The zero-order valence-electron chi connectivity index (χ0n) is 9.14. The molecule has 1 aliphatic rings. The predicted octanol–water partition coefficient (Wildman–Crippen LogP) is -0.469. The van der Waals surface area contributed by atoms with E-state index in [1.165, 1.54) is 13.4 Å². The van der Waals surface area contributed by atoms with Gasteiger partial charge in [0.1, 0.15) is 12.0 Å². The summed E-state index contributed by atoms with van der Waals surface area (Å²) in [6, 6.07) is 1.56. The van der Waals surface area contributed by atoms with Crippen molar-refractivity contribution in [1.82, 2.24) is 20.2 Å². The Bertz CT molecular complexity index is 377. The van der Waals surface area contributed by atoms with E-state index in [0.717, 1.165) is 13.1 Å². The van der Waals surface area contributed by atoms with Crippen molar-refractivity contribution in [2.75, 3.05) is 33.3 Å². The van der Waals surface area contributed by atoms with Crippen LogP contribution in [0.2, 0.25) is 0 Å². The van der Waals surface area contributed by atoms with Gasteiger partial charge < -0.3 is 15.0 Å². The highest BCUT2D eigenvalue weighted by molar-refractivity contribution is 5.92. The molecule has 1 fully saturated rings. The van der Waals surface area contributed by atoms with Crippen LogP contribution in [-0.4, -0.2) is 54.1 Å². The van der Waals surface area contributed by atoms with Gasteiger partial charge in [0, 0.05) is 32.2 Å². The van der Waals surface area contributed by atoms with Crippen molar-refractivity contribution in [3.8, 4) is 5.88 Å². The summed E-state index contributed by atoms with van der Waals surface area (Å²) in [6.45, 7) is 3.08. The Labute approximate surface area is 93.6 Å². The first kappa shape index (κ1) is 10.8. The molecule has 1 amide bonds. The third kappa shape index (κ3) is 2.27. The number of nitrogens with one attached hydrogen (secondary N) is 1. The van der Waals surface area contributed by atoms with E-state index in [4.69, 9.17) is 4.74 Å². The molecule has 1 aliphatic heterocycles. The summed E-state index contributed by atoms with van der Waals surface area (Å²) in [7, 11) is 1.52. The van der Waals surface area contributed by atoms with Gasteiger partial charge in [-0.1, -0.05) is 0 Å². The third-order valence-electron chi connectivity index (χ3n) is 2.47. The summed E-state index contributed by atoms with van der Waals surface area (Å²) in [4.78, 5) is 21.6. The summed E-state index contributed by atoms with van der Waals surface area (Å²) in [5.41, 5.74) is 0.383. The number of rotatable bonds is 2. The number of aromatic nitrogens is 2. The van der Waals surface area contributed by atoms with E-state index in [0.29, 0.717) is 24.7 Å². The van der Waals surface area contributed by atoms with Crippen molar-refractivity contribution in [2.45, 2.75) is 0 Å². The number of carbonyl (C=O) groups excluding carboxylic acids is 1. The second-order valence-corrected chi connectivity index (χ2v) is 3.49. The molecule has 0 bridgehead atoms. The van der Waals surface area contributed by atoms with Gasteiger partial charge in [-0.2, -0.15) is 0 Å². The average molecular weight is 222 g/mol. The largest absolute Gasteiger partial charge is 0.481 e. The zero-order chi connectivity index (χ0) is 11.4. The minimum atomic E-state index is -0.0674. The van der Waals surface area contributed by atoms with Crippen molar-refractivity contribution in [2.24, 2.45) is 0 Å². The van der Waals surface area contributed by atoms with Crippen LogP contribution in [0.25, 0.3) is 0 Å². The average Bonchev–Trinajstić information content (AvgIpc) is 2.39. The van der Waals surface area contributed by atoms with Gasteiger partial charge in [-0.25, -0.2) is 9.97 Å². The molecule has 2 rings (SSSR count). The van der Waals surface area contributed by atoms with Gasteiger partial charge in [0.05, 0.1) is 7.11 Å². The van der Waals surface area contributed by atoms with Crippen LogP contribution in [0.15, 0.2) is 12.4 Å². The fourth-order valence-corrected chi connectivity index (χ4v) is 1.60. The van der Waals surface area contributed by atoms with Crippen molar-refractivity contribution in [1.29, 1.82) is 0 Å². The maximum Gasteiger partial charge on any atom is 0.272 e. The van der Waals surface area contributed by atoms with E-state index in [9.17, 15) is 4.79 Å². The summed E-state index contributed by atoms with van der Waals surface area (Å²) in [6.07, 6.45) is 1.34. The lowest BCUT2D eigenvalue weighted by molar-refractivity contribution is 0.0729. The van der Waals surface area contributed by atoms with Gasteiger partial charge in [-0.15, -0.1) is 0 Å². The van der Waals surface area contributed by atoms with E-state index in [1.54, 1.807) is 11.0 Å². The van der Waals surface area contributed by atoms with Crippen molar-refractivity contribution in [3.05, 3.63) is 18.1 Å². The molecule has 0 aromatic carbocycles. The normalized spacial score (nSPS) is 15.9. The van der Waals surface area contributed by atoms with Gasteiger partial charge in [0.15, 0.2) is 0 Å². The van der Waals surface area contributed by atoms with E-state index >= 15 is 0 Å². The fourth-order valence-electron chi connectivity index (χ4n) is 1.60. The van der Waals surface area contributed by atoms with Crippen LogP contribution in [0.1, 0.15) is 10.5 Å². The van der Waals surface area contributed by atoms with Crippen LogP contribution in [0.3, 0.4) is 0 Å².